The van der Waals surface area contributed by atoms with E-state index in [-0.39, 0.29) is 11.9 Å². The molecule has 0 aliphatic heterocycles. The van der Waals surface area contributed by atoms with Crippen molar-refractivity contribution in [1.29, 1.82) is 5.26 Å². The van der Waals surface area contributed by atoms with Crippen molar-refractivity contribution >= 4 is 39.8 Å². The maximum atomic E-state index is 11.7. The van der Waals surface area contributed by atoms with Gasteiger partial charge in [-0.25, -0.2) is 0 Å². The van der Waals surface area contributed by atoms with E-state index >= 15 is 0 Å². The van der Waals surface area contributed by atoms with Gasteiger partial charge in [0.05, 0.1) is 24.6 Å². The van der Waals surface area contributed by atoms with Gasteiger partial charge in [0.15, 0.2) is 5.00 Å². The summed E-state index contributed by atoms with van der Waals surface area (Å²) in [5.41, 5.74) is 3.67. The average Bonchev–Trinajstić information content (AvgIpc) is 3.16. The third-order valence-corrected chi connectivity index (χ3v) is 5.80. The zero-order valence-corrected chi connectivity index (χ0v) is 21.0. The Hall–Kier alpha value is -3.32. The summed E-state index contributed by atoms with van der Waals surface area (Å²) in [5, 5.41) is 18.3. The number of azo groups is 1. The van der Waals surface area contributed by atoms with Gasteiger partial charge >= 0.3 is 11.9 Å². The molecule has 0 fully saturated rings. The molecule has 0 aliphatic carbocycles. The number of carbonyl (C=O) groups is 2. The lowest BCUT2D eigenvalue weighted by molar-refractivity contribution is -0.144. The summed E-state index contributed by atoms with van der Waals surface area (Å²) >= 11 is 1.15. The standard InChI is InChI=1S/C24H31N5O4S/c1-5-32-22(30)9-7-13-29(14-8-10-23(31)33-6-2)19-11-12-21(17(3)15-19)26-27-24-20(16-25)18(4)28-34-24/h11-12,15H,5-10,13-14H2,1-4H3. The smallest absolute Gasteiger partial charge is 0.305 e. The Kier molecular flexibility index (Phi) is 11.1. The average molecular weight is 486 g/mol. The van der Waals surface area contributed by atoms with Gasteiger partial charge in [-0.15, -0.1) is 10.2 Å². The Morgan fingerprint density at radius 1 is 1.06 bits per heavy atom. The highest BCUT2D eigenvalue weighted by Gasteiger charge is 2.13. The number of anilines is 1. The van der Waals surface area contributed by atoms with Crippen LogP contribution in [0.3, 0.4) is 0 Å². The molecule has 0 aliphatic rings. The van der Waals surface area contributed by atoms with E-state index in [1.807, 2.05) is 25.1 Å². The molecule has 0 unspecified atom stereocenters. The molecule has 0 spiro atoms. The van der Waals surface area contributed by atoms with Crippen LogP contribution in [0.4, 0.5) is 16.4 Å². The van der Waals surface area contributed by atoms with Crippen molar-refractivity contribution < 1.29 is 19.1 Å². The fourth-order valence-electron chi connectivity index (χ4n) is 3.27. The molecule has 2 rings (SSSR count). The van der Waals surface area contributed by atoms with Crippen molar-refractivity contribution in [2.45, 2.75) is 53.4 Å². The fourth-order valence-corrected chi connectivity index (χ4v) is 3.94. The minimum absolute atomic E-state index is 0.212. The molecule has 1 aromatic heterocycles. The van der Waals surface area contributed by atoms with Gasteiger partial charge in [-0.2, -0.15) is 9.64 Å². The predicted molar refractivity (Wildman–Crippen MR) is 131 cm³/mol. The summed E-state index contributed by atoms with van der Waals surface area (Å²) < 4.78 is 14.2. The highest BCUT2D eigenvalue weighted by molar-refractivity contribution is 7.10. The first-order valence-electron chi connectivity index (χ1n) is 11.3. The number of esters is 2. The largest absolute Gasteiger partial charge is 0.466 e. The third-order valence-electron chi connectivity index (χ3n) is 4.98. The van der Waals surface area contributed by atoms with Crippen LogP contribution in [0, 0.1) is 25.2 Å². The van der Waals surface area contributed by atoms with E-state index in [1.165, 1.54) is 0 Å². The number of carbonyl (C=O) groups excluding carboxylic acids is 2. The van der Waals surface area contributed by atoms with E-state index in [4.69, 9.17) is 9.47 Å². The topological polar surface area (TPSA) is 117 Å². The minimum Gasteiger partial charge on any atom is -0.466 e. The van der Waals surface area contributed by atoms with Crippen LogP contribution < -0.4 is 4.90 Å². The van der Waals surface area contributed by atoms with Crippen LogP contribution in [0.2, 0.25) is 0 Å². The lowest BCUT2D eigenvalue weighted by Crippen LogP contribution is -2.27. The monoisotopic (exact) mass is 485 g/mol. The van der Waals surface area contributed by atoms with Crippen LogP contribution in [0.1, 0.15) is 56.4 Å². The summed E-state index contributed by atoms with van der Waals surface area (Å²) in [4.78, 5) is 25.6. The van der Waals surface area contributed by atoms with Gasteiger partial charge in [0.1, 0.15) is 11.6 Å². The number of nitrogens with zero attached hydrogens (tertiary/aromatic N) is 5. The van der Waals surface area contributed by atoms with E-state index in [2.05, 4.69) is 25.6 Å². The lowest BCUT2D eigenvalue weighted by Gasteiger charge is -2.25. The summed E-state index contributed by atoms with van der Waals surface area (Å²) in [6.07, 6.45) is 1.95. The molecule has 0 radical (unpaired) electrons. The van der Waals surface area contributed by atoms with Crippen LogP contribution in [0.15, 0.2) is 28.4 Å². The molecule has 182 valence electrons. The Labute approximate surface area is 204 Å². The fraction of sp³-hybridized carbons (Fsp3) is 0.500. The second-order valence-corrected chi connectivity index (χ2v) is 8.29. The molecule has 1 aromatic carbocycles. The molecule has 34 heavy (non-hydrogen) atoms. The highest BCUT2D eigenvalue weighted by atomic mass is 32.1. The zero-order chi connectivity index (χ0) is 24.9. The Balaban J connectivity index is 2.12. The number of rotatable bonds is 13. The van der Waals surface area contributed by atoms with Crippen LogP contribution in [0.25, 0.3) is 0 Å². The summed E-state index contributed by atoms with van der Waals surface area (Å²) in [6.45, 7) is 9.32. The first kappa shape index (κ1) is 26.9. The molecular weight excluding hydrogens is 454 g/mol. The quantitative estimate of drug-likeness (QED) is 0.270. The van der Waals surface area contributed by atoms with Gasteiger partial charge in [0.2, 0.25) is 0 Å². The minimum atomic E-state index is -0.212. The summed E-state index contributed by atoms with van der Waals surface area (Å²) in [5.74, 6) is -0.424. The summed E-state index contributed by atoms with van der Waals surface area (Å²) in [6, 6.07) is 7.93. The maximum Gasteiger partial charge on any atom is 0.305 e. The maximum absolute atomic E-state index is 11.7. The molecule has 1 heterocycles. The van der Waals surface area contributed by atoms with E-state index in [0.29, 0.717) is 73.9 Å². The molecule has 10 heteroatoms. The highest BCUT2D eigenvalue weighted by Crippen LogP contribution is 2.31. The number of hydrogen-bond acceptors (Lipinski definition) is 10. The Morgan fingerprint density at radius 3 is 2.21 bits per heavy atom. The summed E-state index contributed by atoms with van der Waals surface area (Å²) in [7, 11) is 0. The number of aryl methyl sites for hydroxylation is 2. The van der Waals surface area contributed by atoms with Gasteiger partial charge in [-0.1, -0.05) is 0 Å². The molecule has 0 saturated carbocycles. The van der Waals surface area contributed by atoms with Crippen LogP contribution in [0.5, 0.6) is 0 Å². The van der Waals surface area contributed by atoms with E-state index in [1.54, 1.807) is 20.8 Å². The SMILES string of the molecule is CCOC(=O)CCCN(CCCC(=O)OCC)c1ccc(N=Nc2snc(C)c2C#N)c(C)c1. The molecule has 0 amide bonds. The lowest BCUT2D eigenvalue weighted by atomic mass is 10.1. The van der Waals surface area contributed by atoms with Crippen molar-refractivity contribution in [3.05, 3.63) is 35.0 Å². The number of benzene rings is 1. The second kappa shape index (κ2) is 14.1. The Bertz CT molecular complexity index is 1020. The Morgan fingerprint density at radius 2 is 1.68 bits per heavy atom. The molecule has 9 nitrogen and oxygen atoms in total. The second-order valence-electron chi connectivity index (χ2n) is 7.53. The van der Waals surface area contributed by atoms with Crippen LogP contribution in [-0.2, 0) is 19.1 Å². The number of nitriles is 1. The number of hydrogen-bond donors (Lipinski definition) is 0. The number of ether oxygens (including phenoxy) is 2. The van der Waals surface area contributed by atoms with Crippen LogP contribution in [-0.4, -0.2) is 42.6 Å². The van der Waals surface area contributed by atoms with E-state index in [9.17, 15) is 14.9 Å². The van der Waals surface area contributed by atoms with Gasteiger partial charge < -0.3 is 14.4 Å². The predicted octanol–water partition coefficient (Wildman–Crippen LogP) is 5.54. The van der Waals surface area contributed by atoms with Crippen molar-refractivity contribution in [1.82, 2.24) is 4.37 Å². The van der Waals surface area contributed by atoms with E-state index in [0.717, 1.165) is 22.8 Å². The number of aromatic nitrogens is 1. The molecule has 0 saturated heterocycles. The van der Waals surface area contributed by atoms with E-state index < -0.39 is 0 Å². The first-order chi connectivity index (χ1) is 16.4. The molecule has 0 N–H and O–H groups in total. The van der Waals surface area contributed by atoms with Gasteiger partial charge in [-0.3, -0.25) is 9.59 Å². The zero-order valence-electron chi connectivity index (χ0n) is 20.2. The van der Waals surface area contributed by atoms with Crippen LogP contribution >= 0.6 is 11.5 Å². The van der Waals surface area contributed by atoms with Crippen molar-refractivity contribution in [3.8, 4) is 6.07 Å². The van der Waals surface area contributed by atoms with Gasteiger partial charge in [0, 0.05) is 31.6 Å². The molecule has 2 aromatic rings. The molecule has 0 bridgehead atoms. The first-order valence-corrected chi connectivity index (χ1v) is 12.1. The molecule has 0 atom stereocenters. The molecular formula is C24H31N5O4S. The van der Waals surface area contributed by atoms with Crippen molar-refractivity contribution in [2.75, 3.05) is 31.2 Å². The van der Waals surface area contributed by atoms with Crippen molar-refractivity contribution in [3.63, 3.8) is 0 Å². The normalized spacial score (nSPS) is 10.8. The van der Waals surface area contributed by atoms with Gasteiger partial charge in [-0.05, 0) is 75.8 Å². The third kappa shape index (κ3) is 8.23. The van der Waals surface area contributed by atoms with Gasteiger partial charge in [0.25, 0.3) is 0 Å². The van der Waals surface area contributed by atoms with Crippen molar-refractivity contribution in [2.24, 2.45) is 10.2 Å².